The minimum Gasteiger partial charge on any atom is -0.312 e. The zero-order chi connectivity index (χ0) is 18.4. The van der Waals surface area contributed by atoms with Crippen LogP contribution in [0.2, 0.25) is 0 Å². The average Bonchev–Trinajstić information content (AvgIpc) is 3.23. The van der Waals surface area contributed by atoms with E-state index in [9.17, 15) is 9.59 Å². The maximum atomic E-state index is 11.8. The second kappa shape index (κ2) is 6.56. The molecular formula is C19H14N4O2S2. The number of fused-ring (bicyclic) bond motifs is 2. The molecule has 0 radical (unpaired) electrons. The van der Waals surface area contributed by atoms with Crippen molar-refractivity contribution in [2.45, 2.75) is 13.0 Å². The summed E-state index contributed by atoms with van der Waals surface area (Å²) >= 11 is 2.70. The van der Waals surface area contributed by atoms with Gasteiger partial charge in [0.05, 0.1) is 21.0 Å². The van der Waals surface area contributed by atoms with E-state index in [0.29, 0.717) is 4.91 Å². The number of imide groups is 1. The standard InChI is InChI=1S/C19H14N4O2S2/c24-18-16(27-19(25)23-18)6-10-1-2-13-12(5-10)17(22-9-21-13)15-7-11-8-20-4-3-14(11)26-15/h1-2,5-7,9,20H,3-4,8H2,(H,23,24,25)/b16-6-. The monoisotopic (exact) mass is 394 g/mol. The minimum absolute atomic E-state index is 0.339. The lowest BCUT2D eigenvalue weighted by Gasteiger charge is -2.10. The van der Waals surface area contributed by atoms with E-state index >= 15 is 0 Å². The molecule has 4 heterocycles. The number of thiophene rings is 1. The van der Waals surface area contributed by atoms with Gasteiger partial charge in [0.15, 0.2) is 0 Å². The number of nitrogens with zero attached hydrogens (tertiary/aromatic N) is 2. The molecule has 3 aromatic rings. The Kier molecular flexibility index (Phi) is 4.04. The highest BCUT2D eigenvalue weighted by atomic mass is 32.2. The van der Waals surface area contributed by atoms with Crippen molar-refractivity contribution >= 4 is 51.2 Å². The van der Waals surface area contributed by atoms with Gasteiger partial charge in [-0.1, -0.05) is 6.07 Å². The van der Waals surface area contributed by atoms with E-state index in [4.69, 9.17) is 0 Å². The summed E-state index contributed by atoms with van der Waals surface area (Å²) in [5.41, 5.74) is 3.93. The molecule has 0 spiro atoms. The van der Waals surface area contributed by atoms with Gasteiger partial charge in [0.25, 0.3) is 11.1 Å². The molecule has 1 saturated heterocycles. The van der Waals surface area contributed by atoms with Crippen molar-refractivity contribution in [1.82, 2.24) is 20.6 Å². The Morgan fingerprint density at radius 2 is 2.07 bits per heavy atom. The maximum absolute atomic E-state index is 11.8. The number of benzene rings is 1. The number of hydrogen-bond donors (Lipinski definition) is 2. The van der Waals surface area contributed by atoms with E-state index in [0.717, 1.165) is 58.3 Å². The number of carbonyl (C=O) groups excluding carboxylic acids is 2. The van der Waals surface area contributed by atoms with Crippen LogP contribution in [0.25, 0.3) is 27.6 Å². The molecule has 2 aliphatic rings. The first-order chi connectivity index (χ1) is 13.2. The van der Waals surface area contributed by atoms with Crippen molar-refractivity contribution in [2.75, 3.05) is 6.54 Å². The molecule has 2 aliphatic heterocycles. The highest BCUT2D eigenvalue weighted by molar-refractivity contribution is 8.18. The number of aromatic nitrogens is 2. The van der Waals surface area contributed by atoms with Gasteiger partial charge in [-0.2, -0.15) is 0 Å². The van der Waals surface area contributed by atoms with Gasteiger partial charge in [0.2, 0.25) is 0 Å². The Balaban J connectivity index is 1.61. The maximum Gasteiger partial charge on any atom is 0.290 e. The summed E-state index contributed by atoms with van der Waals surface area (Å²) in [6, 6.07) is 8.00. The van der Waals surface area contributed by atoms with Crippen molar-refractivity contribution in [3.05, 3.63) is 51.5 Å². The van der Waals surface area contributed by atoms with E-state index in [1.54, 1.807) is 23.7 Å². The van der Waals surface area contributed by atoms with Crippen LogP contribution in [-0.2, 0) is 17.8 Å². The number of nitrogens with one attached hydrogen (secondary N) is 2. The van der Waals surface area contributed by atoms with E-state index in [2.05, 4.69) is 26.7 Å². The molecule has 0 saturated carbocycles. The minimum atomic E-state index is -0.354. The van der Waals surface area contributed by atoms with Crippen molar-refractivity contribution in [2.24, 2.45) is 0 Å². The van der Waals surface area contributed by atoms with E-state index in [1.807, 2.05) is 18.2 Å². The Morgan fingerprint density at radius 3 is 2.89 bits per heavy atom. The van der Waals surface area contributed by atoms with E-state index < -0.39 is 0 Å². The summed E-state index contributed by atoms with van der Waals surface area (Å²) in [5.74, 6) is -0.354. The lowest BCUT2D eigenvalue weighted by atomic mass is 10.1. The van der Waals surface area contributed by atoms with Crippen LogP contribution in [0.3, 0.4) is 0 Å². The van der Waals surface area contributed by atoms with Crippen LogP contribution in [0.1, 0.15) is 16.0 Å². The predicted molar refractivity (Wildman–Crippen MR) is 107 cm³/mol. The Morgan fingerprint density at radius 1 is 1.15 bits per heavy atom. The molecule has 0 atom stereocenters. The highest BCUT2D eigenvalue weighted by Crippen LogP contribution is 2.36. The average molecular weight is 394 g/mol. The Labute approximate surface area is 163 Å². The number of thioether (sulfide) groups is 1. The first kappa shape index (κ1) is 16.6. The molecule has 134 valence electrons. The third-order valence-corrected chi connectivity index (χ3v) is 6.63. The molecule has 27 heavy (non-hydrogen) atoms. The highest BCUT2D eigenvalue weighted by Gasteiger charge is 2.25. The van der Waals surface area contributed by atoms with Crippen LogP contribution in [0.5, 0.6) is 0 Å². The van der Waals surface area contributed by atoms with E-state index in [1.165, 1.54) is 10.4 Å². The summed E-state index contributed by atoms with van der Waals surface area (Å²) in [6.45, 7) is 1.90. The largest absolute Gasteiger partial charge is 0.312 e. The Hall–Kier alpha value is -2.55. The smallest absolute Gasteiger partial charge is 0.290 e. The molecule has 2 aromatic heterocycles. The lowest BCUT2D eigenvalue weighted by Crippen LogP contribution is -2.21. The summed E-state index contributed by atoms with van der Waals surface area (Å²) < 4.78 is 0. The van der Waals surface area contributed by atoms with Gasteiger partial charge in [-0.3, -0.25) is 14.9 Å². The third-order valence-electron chi connectivity index (χ3n) is 4.57. The van der Waals surface area contributed by atoms with Gasteiger partial charge in [0.1, 0.15) is 6.33 Å². The number of carbonyl (C=O) groups is 2. The molecule has 5 rings (SSSR count). The van der Waals surface area contributed by atoms with E-state index in [-0.39, 0.29) is 11.1 Å². The van der Waals surface area contributed by atoms with Crippen molar-refractivity contribution in [1.29, 1.82) is 0 Å². The molecule has 0 unspecified atom stereocenters. The molecule has 1 fully saturated rings. The molecule has 2 amide bonds. The van der Waals surface area contributed by atoms with Gasteiger partial charge in [-0.05, 0) is 53.6 Å². The van der Waals surface area contributed by atoms with Gasteiger partial charge in [-0.15, -0.1) is 11.3 Å². The van der Waals surface area contributed by atoms with Gasteiger partial charge in [0, 0.05) is 23.4 Å². The zero-order valence-corrected chi connectivity index (χ0v) is 15.7. The molecule has 2 N–H and O–H groups in total. The molecule has 8 heteroatoms. The summed E-state index contributed by atoms with van der Waals surface area (Å²) in [5, 5.41) is 6.27. The van der Waals surface area contributed by atoms with Crippen LogP contribution < -0.4 is 10.6 Å². The molecule has 1 aromatic carbocycles. The molecule has 0 aliphatic carbocycles. The fourth-order valence-electron chi connectivity index (χ4n) is 3.30. The molecule has 6 nitrogen and oxygen atoms in total. The van der Waals surface area contributed by atoms with Crippen LogP contribution in [-0.4, -0.2) is 27.7 Å². The normalized spacial score (nSPS) is 18.1. The quantitative estimate of drug-likeness (QED) is 0.649. The van der Waals surface area contributed by atoms with Crippen LogP contribution in [0.15, 0.2) is 35.5 Å². The second-order valence-electron chi connectivity index (χ2n) is 6.34. The number of rotatable bonds is 2. The fraction of sp³-hybridized carbons (Fsp3) is 0.158. The van der Waals surface area contributed by atoms with Gasteiger partial charge >= 0.3 is 0 Å². The lowest BCUT2D eigenvalue weighted by molar-refractivity contribution is -0.115. The fourth-order valence-corrected chi connectivity index (χ4v) is 5.18. The van der Waals surface area contributed by atoms with Crippen molar-refractivity contribution in [3.8, 4) is 10.6 Å². The third kappa shape index (κ3) is 3.05. The Bertz CT molecular complexity index is 1110. The topological polar surface area (TPSA) is 84.0 Å². The summed E-state index contributed by atoms with van der Waals surface area (Å²) in [7, 11) is 0. The van der Waals surface area contributed by atoms with Crippen LogP contribution >= 0.6 is 23.1 Å². The number of hydrogen-bond acceptors (Lipinski definition) is 7. The van der Waals surface area contributed by atoms with Crippen molar-refractivity contribution in [3.63, 3.8) is 0 Å². The summed E-state index contributed by atoms with van der Waals surface area (Å²) in [4.78, 5) is 35.0. The SMILES string of the molecule is O=C1NC(=O)/C(=C/c2ccc3ncnc(-c4cc5c(s4)CCNC5)c3c2)S1. The van der Waals surface area contributed by atoms with Crippen LogP contribution in [0, 0.1) is 0 Å². The van der Waals surface area contributed by atoms with Gasteiger partial charge in [-0.25, -0.2) is 9.97 Å². The molecular weight excluding hydrogens is 380 g/mol. The first-order valence-corrected chi connectivity index (χ1v) is 10.1. The van der Waals surface area contributed by atoms with Crippen molar-refractivity contribution < 1.29 is 9.59 Å². The summed E-state index contributed by atoms with van der Waals surface area (Å²) in [6.07, 6.45) is 4.36. The van der Waals surface area contributed by atoms with Gasteiger partial charge < -0.3 is 5.32 Å². The number of amides is 2. The first-order valence-electron chi connectivity index (χ1n) is 8.50. The zero-order valence-electron chi connectivity index (χ0n) is 14.1. The predicted octanol–water partition coefficient (Wildman–Crippen LogP) is 3.33. The molecule has 0 bridgehead atoms. The second-order valence-corrected chi connectivity index (χ2v) is 8.49. The van der Waals surface area contributed by atoms with Crippen LogP contribution in [0.4, 0.5) is 4.79 Å².